The Morgan fingerprint density at radius 2 is 2.12 bits per heavy atom. The number of carbonyl (C=O) groups excluding carboxylic acids is 1. The van der Waals surface area contributed by atoms with E-state index in [1.54, 1.807) is 47.0 Å². The summed E-state index contributed by atoms with van der Waals surface area (Å²) in [6.07, 6.45) is 1.68. The molecular weight excluding hydrogens is 330 g/mol. The van der Waals surface area contributed by atoms with Gasteiger partial charge in [-0.2, -0.15) is 5.26 Å². The maximum Gasteiger partial charge on any atom is 0.338 e. The second-order valence-corrected chi connectivity index (χ2v) is 6.17. The van der Waals surface area contributed by atoms with Gasteiger partial charge in [0.2, 0.25) is 0 Å². The summed E-state index contributed by atoms with van der Waals surface area (Å²) in [5, 5.41) is 9.59. The van der Waals surface area contributed by atoms with Crippen molar-refractivity contribution in [1.29, 1.82) is 5.26 Å². The van der Waals surface area contributed by atoms with Crippen LogP contribution in [0, 0.1) is 11.3 Å². The molecule has 6 nitrogen and oxygen atoms in total. The largest absolute Gasteiger partial charge is 0.457 e. The van der Waals surface area contributed by atoms with Crippen molar-refractivity contribution < 1.29 is 9.53 Å². The first-order valence-corrected chi connectivity index (χ1v) is 8.36. The smallest absolute Gasteiger partial charge is 0.338 e. The fourth-order valence-corrected chi connectivity index (χ4v) is 3.19. The molecule has 3 aromatic rings. The minimum atomic E-state index is -0.512. The topological polar surface area (TPSA) is 85.0 Å². The number of carbonyl (C=O) groups is 1. The zero-order valence-corrected chi connectivity index (χ0v) is 13.9. The fourth-order valence-electron chi connectivity index (χ4n) is 3.19. The molecule has 0 aliphatic carbocycles. The van der Waals surface area contributed by atoms with Gasteiger partial charge in [0.05, 0.1) is 28.1 Å². The maximum atomic E-state index is 12.5. The van der Waals surface area contributed by atoms with Crippen molar-refractivity contribution in [2.24, 2.45) is 0 Å². The number of ether oxygens (including phenoxy) is 1. The Morgan fingerprint density at radius 1 is 1.27 bits per heavy atom. The molecule has 1 aromatic heterocycles. The molecule has 1 aliphatic rings. The van der Waals surface area contributed by atoms with Crippen LogP contribution in [0.1, 0.15) is 33.7 Å². The van der Waals surface area contributed by atoms with Crippen molar-refractivity contribution in [3.8, 4) is 6.07 Å². The molecule has 0 spiro atoms. The molecule has 1 aliphatic heterocycles. The molecule has 0 bridgehead atoms. The minimum absolute atomic E-state index is 0.0148. The summed E-state index contributed by atoms with van der Waals surface area (Å²) in [5.74, 6) is 0.248. The van der Waals surface area contributed by atoms with Gasteiger partial charge < -0.3 is 4.74 Å². The molecule has 0 radical (unpaired) electrons. The first-order valence-electron chi connectivity index (χ1n) is 8.36. The summed E-state index contributed by atoms with van der Waals surface area (Å²) in [7, 11) is 0. The van der Waals surface area contributed by atoms with Crippen LogP contribution in [-0.2, 0) is 24.3 Å². The van der Waals surface area contributed by atoms with E-state index in [1.165, 1.54) is 0 Å². The molecule has 0 atom stereocenters. The average Bonchev–Trinajstić information content (AvgIpc) is 3.14. The Bertz CT molecular complexity index is 1130. The van der Waals surface area contributed by atoms with Crippen LogP contribution in [0.4, 0.5) is 0 Å². The van der Waals surface area contributed by atoms with Crippen molar-refractivity contribution in [1.82, 2.24) is 9.55 Å². The van der Waals surface area contributed by atoms with Crippen LogP contribution in [0.3, 0.4) is 0 Å². The molecule has 6 heteroatoms. The van der Waals surface area contributed by atoms with E-state index < -0.39 is 5.97 Å². The lowest BCUT2D eigenvalue weighted by atomic mass is 10.1. The predicted octanol–water partition coefficient (Wildman–Crippen LogP) is 2.57. The summed E-state index contributed by atoms with van der Waals surface area (Å²) < 4.78 is 7.02. The van der Waals surface area contributed by atoms with Crippen molar-refractivity contribution in [2.75, 3.05) is 0 Å². The zero-order chi connectivity index (χ0) is 18.1. The Hall–Kier alpha value is -3.46. The van der Waals surface area contributed by atoms with Crippen molar-refractivity contribution >= 4 is 16.9 Å². The highest BCUT2D eigenvalue weighted by Crippen LogP contribution is 2.17. The van der Waals surface area contributed by atoms with Crippen LogP contribution in [-0.4, -0.2) is 15.5 Å². The van der Waals surface area contributed by atoms with Gasteiger partial charge in [0.25, 0.3) is 5.56 Å². The van der Waals surface area contributed by atoms with Crippen LogP contribution in [0.25, 0.3) is 10.9 Å². The average molecular weight is 345 g/mol. The number of rotatable bonds is 3. The molecular formula is C20H15N3O3. The van der Waals surface area contributed by atoms with Crippen LogP contribution in [0.15, 0.2) is 47.3 Å². The number of esters is 1. The van der Waals surface area contributed by atoms with Gasteiger partial charge in [-0.15, -0.1) is 0 Å². The van der Waals surface area contributed by atoms with E-state index in [2.05, 4.69) is 11.1 Å². The van der Waals surface area contributed by atoms with E-state index >= 15 is 0 Å². The predicted molar refractivity (Wildman–Crippen MR) is 94.6 cm³/mol. The highest BCUT2D eigenvalue weighted by molar-refractivity contribution is 5.94. The number of aromatic nitrogens is 2. The molecule has 0 N–H and O–H groups in total. The highest BCUT2D eigenvalue weighted by atomic mass is 16.5. The third kappa shape index (κ3) is 2.74. The number of hydrogen-bond donors (Lipinski definition) is 0. The first-order chi connectivity index (χ1) is 12.7. The third-order valence-corrected chi connectivity index (χ3v) is 4.55. The zero-order valence-electron chi connectivity index (χ0n) is 13.9. The van der Waals surface area contributed by atoms with E-state index in [0.29, 0.717) is 34.1 Å². The van der Waals surface area contributed by atoms with Crippen molar-refractivity contribution in [3.63, 3.8) is 0 Å². The number of nitrogens with zero attached hydrogens (tertiary/aromatic N) is 3. The van der Waals surface area contributed by atoms with Gasteiger partial charge in [-0.05, 0) is 30.7 Å². The molecule has 0 fully saturated rings. The van der Waals surface area contributed by atoms with Crippen molar-refractivity contribution in [2.45, 2.75) is 26.0 Å². The van der Waals surface area contributed by atoms with Crippen LogP contribution in [0.5, 0.6) is 0 Å². The van der Waals surface area contributed by atoms with Crippen LogP contribution in [0.2, 0.25) is 0 Å². The van der Waals surface area contributed by atoms with E-state index in [0.717, 1.165) is 18.7 Å². The lowest BCUT2D eigenvalue weighted by Crippen LogP contribution is -2.21. The molecule has 2 aromatic carbocycles. The second-order valence-electron chi connectivity index (χ2n) is 6.17. The van der Waals surface area contributed by atoms with Crippen LogP contribution >= 0.6 is 0 Å². The number of aryl methyl sites for hydroxylation is 1. The van der Waals surface area contributed by atoms with Gasteiger partial charge >= 0.3 is 5.97 Å². The third-order valence-electron chi connectivity index (χ3n) is 4.55. The van der Waals surface area contributed by atoms with Gasteiger partial charge in [-0.3, -0.25) is 9.36 Å². The molecule has 0 amide bonds. The number of benzene rings is 2. The number of hydrogen-bond acceptors (Lipinski definition) is 5. The Kier molecular flexibility index (Phi) is 3.98. The Balaban J connectivity index is 1.60. The summed E-state index contributed by atoms with van der Waals surface area (Å²) >= 11 is 0. The molecule has 2 heterocycles. The molecule has 0 saturated carbocycles. The molecule has 26 heavy (non-hydrogen) atoms. The standard InChI is InChI=1S/C20H15N3O3/c21-11-14-4-1-2-5-15(14)12-26-20(25)13-7-8-16-17(10-13)22-18-6-3-9-23(18)19(16)24/h1-2,4-5,7-8,10H,3,6,9,12H2. The fraction of sp³-hybridized carbons (Fsp3) is 0.200. The number of nitriles is 1. The first kappa shape index (κ1) is 16.0. The Morgan fingerprint density at radius 3 is 2.96 bits per heavy atom. The summed E-state index contributed by atoms with van der Waals surface area (Å²) in [6, 6.07) is 13.8. The second kappa shape index (κ2) is 6.45. The molecule has 128 valence electrons. The minimum Gasteiger partial charge on any atom is -0.457 e. The van der Waals surface area contributed by atoms with Gasteiger partial charge in [0, 0.05) is 18.5 Å². The van der Waals surface area contributed by atoms with E-state index in [1.807, 2.05) is 0 Å². The van der Waals surface area contributed by atoms with E-state index in [-0.39, 0.29) is 12.2 Å². The SMILES string of the molecule is N#Cc1ccccc1COC(=O)c1ccc2c(=O)n3c(nc2c1)CCC3. The van der Waals surface area contributed by atoms with E-state index in [4.69, 9.17) is 10.00 Å². The molecule has 0 unspecified atom stereocenters. The summed E-state index contributed by atoms with van der Waals surface area (Å²) in [6.45, 7) is 0.708. The maximum absolute atomic E-state index is 12.5. The van der Waals surface area contributed by atoms with Crippen LogP contribution < -0.4 is 5.56 Å². The molecule has 4 rings (SSSR count). The van der Waals surface area contributed by atoms with E-state index in [9.17, 15) is 9.59 Å². The Labute approximate surface area is 149 Å². The monoisotopic (exact) mass is 345 g/mol. The van der Waals surface area contributed by atoms with Gasteiger partial charge in [-0.25, -0.2) is 9.78 Å². The summed E-state index contributed by atoms with van der Waals surface area (Å²) in [5.41, 5.74) is 1.91. The molecule has 0 saturated heterocycles. The number of fused-ring (bicyclic) bond motifs is 2. The highest BCUT2D eigenvalue weighted by Gasteiger charge is 2.17. The normalized spacial score (nSPS) is 12.6. The van der Waals surface area contributed by atoms with Crippen molar-refractivity contribution in [3.05, 3.63) is 75.3 Å². The lowest BCUT2D eigenvalue weighted by Gasteiger charge is -2.08. The lowest BCUT2D eigenvalue weighted by molar-refractivity contribution is 0.0472. The van der Waals surface area contributed by atoms with Gasteiger partial charge in [0.1, 0.15) is 12.4 Å². The van der Waals surface area contributed by atoms with Gasteiger partial charge in [0.15, 0.2) is 0 Å². The van der Waals surface area contributed by atoms with Gasteiger partial charge in [-0.1, -0.05) is 18.2 Å². The quantitative estimate of drug-likeness (QED) is 0.681. The summed E-state index contributed by atoms with van der Waals surface area (Å²) in [4.78, 5) is 29.3.